The summed E-state index contributed by atoms with van der Waals surface area (Å²) in [6.45, 7) is 4.37. The third-order valence-corrected chi connectivity index (χ3v) is 5.82. The van der Waals surface area contributed by atoms with E-state index in [9.17, 15) is 9.18 Å². The highest BCUT2D eigenvalue weighted by molar-refractivity contribution is 6.14. The number of aryl methyl sites for hydroxylation is 1. The van der Waals surface area contributed by atoms with E-state index in [4.69, 9.17) is 5.73 Å². The van der Waals surface area contributed by atoms with Gasteiger partial charge in [0, 0.05) is 27.9 Å². The van der Waals surface area contributed by atoms with Crippen molar-refractivity contribution in [2.45, 2.75) is 26.7 Å². The molecule has 0 amide bonds. The van der Waals surface area contributed by atoms with Gasteiger partial charge in [0.15, 0.2) is 0 Å². The number of nitrogens with zero attached hydrogens (tertiary/aromatic N) is 2. The van der Waals surface area contributed by atoms with Crippen molar-refractivity contribution in [2.24, 2.45) is 5.92 Å². The summed E-state index contributed by atoms with van der Waals surface area (Å²) in [4.78, 5) is 20.4. The zero-order valence-corrected chi connectivity index (χ0v) is 17.3. The molecule has 7 heteroatoms. The summed E-state index contributed by atoms with van der Waals surface area (Å²) in [7, 11) is 0. The van der Waals surface area contributed by atoms with Crippen molar-refractivity contribution in [3.63, 3.8) is 0 Å². The van der Waals surface area contributed by atoms with Crippen LogP contribution in [0.4, 0.5) is 10.1 Å². The largest absolute Gasteiger partial charge is 0.394 e. The van der Waals surface area contributed by atoms with Crippen molar-refractivity contribution in [2.75, 3.05) is 5.73 Å². The quantitative estimate of drug-likeness (QED) is 0.362. The van der Waals surface area contributed by atoms with Gasteiger partial charge in [-0.1, -0.05) is 19.9 Å². The standard InChI is InChI=1S/C24H22FN5O/c1-12(2)5-6-13-10-16-19(14-7-8-18(25)23-17(14)11-28-30-23)20(26)24(31)29-22(16)15-4-3-9-27-21(13)15/h3-4,7-12H,5-6,26H2,1-2H3,(H,28,30)(H,29,31). The molecule has 5 aromatic rings. The van der Waals surface area contributed by atoms with Gasteiger partial charge in [-0.2, -0.15) is 5.10 Å². The predicted molar refractivity (Wildman–Crippen MR) is 122 cm³/mol. The lowest BCUT2D eigenvalue weighted by molar-refractivity contribution is 0.588. The second-order valence-electron chi connectivity index (χ2n) is 8.29. The summed E-state index contributed by atoms with van der Waals surface area (Å²) in [5.41, 5.74) is 10.2. The Morgan fingerprint density at radius 1 is 1.13 bits per heavy atom. The number of halogens is 1. The minimum atomic E-state index is -0.406. The lowest BCUT2D eigenvalue weighted by atomic mass is 9.92. The van der Waals surface area contributed by atoms with Gasteiger partial charge in [0.2, 0.25) is 0 Å². The molecule has 0 fully saturated rings. The van der Waals surface area contributed by atoms with E-state index < -0.39 is 5.82 Å². The van der Waals surface area contributed by atoms with Gasteiger partial charge in [0.05, 0.1) is 17.2 Å². The molecular weight excluding hydrogens is 393 g/mol. The molecule has 0 unspecified atom stereocenters. The molecule has 0 aliphatic heterocycles. The number of H-pyrrole nitrogens is 2. The number of aromatic nitrogens is 4. The Kier molecular flexibility index (Phi) is 4.46. The zero-order chi connectivity index (χ0) is 21.7. The van der Waals surface area contributed by atoms with Crippen LogP contribution in [0.2, 0.25) is 0 Å². The Labute approximate surface area is 177 Å². The molecule has 0 saturated carbocycles. The Morgan fingerprint density at radius 3 is 2.77 bits per heavy atom. The Bertz CT molecular complexity index is 1520. The molecule has 3 aromatic heterocycles. The fraction of sp³-hybridized carbons (Fsp3) is 0.208. The lowest BCUT2D eigenvalue weighted by Gasteiger charge is -2.15. The van der Waals surface area contributed by atoms with E-state index in [1.54, 1.807) is 18.5 Å². The highest BCUT2D eigenvalue weighted by atomic mass is 19.1. The van der Waals surface area contributed by atoms with E-state index in [1.807, 2.05) is 12.1 Å². The smallest absolute Gasteiger partial charge is 0.272 e. The number of hydrogen-bond acceptors (Lipinski definition) is 4. The number of anilines is 1. The zero-order valence-electron chi connectivity index (χ0n) is 17.3. The van der Waals surface area contributed by atoms with E-state index >= 15 is 0 Å². The number of rotatable bonds is 4. The van der Waals surface area contributed by atoms with Crippen LogP contribution in [-0.2, 0) is 6.42 Å². The number of benzene rings is 2. The van der Waals surface area contributed by atoms with E-state index in [0.29, 0.717) is 27.9 Å². The average molecular weight is 415 g/mol. The van der Waals surface area contributed by atoms with Gasteiger partial charge in [0.1, 0.15) is 17.0 Å². The number of nitrogens with one attached hydrogen (secondary N) is 2. The van der Waals surface area contributed by atoms with Crippen molar-refractivity contribution >= 4 is 38.4 Å². The minimum Gasteiger partial charge on any atom is -0.394 e. The molecule has 4 N–H and O–H groups in total. The molecular formula is C24H22FN5O. The molecule has 2 aromatic carbocycles. The number of hydrogen-bond donors (Lipinski definition) is 3. The summed E-state index contributed by atoms with van der Waals surface area (Å²) >= 11 is 0. The molecule has 6 nitrogen and oxygen atoms in total. The first kappa shape index (κ1) is 19.2. The van der Waals surface area contributed by atoms with Crippen molar-refractivity contribution in [3.8, 4) is 11.1 Å². The topological polar surface area (TPSA) is 100 Å². The van der Waals surface area contributed by atoms with Gasteiger partial charge >= 0.3 is 0 Å². The summed E-state index contributed by atoms with van der Waals surface area (Å²) in [6, 6.07) is 8.89. The van der Waals surface area contributed by atoms with Crippen molar-refractivity contribution < 1.29 is 4.39 Å². The highest BCUT2D eigenvalue weighted by Gasteiger charge is 2.20. The van der Waals surface area contributed by atoms with Crippen LogP contribution in [0.3, 0.4) is 0 Å². The van der Waals surface area contributed by atoms with Crippen LogP contribution < -0.4 is 11.3 Å². The Balaban J connectivity index is 1.92. The fourth-order valence-corrected chi connectivity index (χ4v) is 4.24. The molecule has 0 bridgehead atoms. The predicted octanol–water partition coefficient (Wildman–Crippen LogP) is 4.93. The first-order chi connectivity index (χ1) is 15.0. The van der Waals surface area contributed by atoms with Crippen LogP contribution in [0, 0.1) is 11.7 Å². The first-order valence-corrected chi connectivity index (χ1v) is 10.3. The molecule has 0 saturated heterocycles. The first-order valence-electron chi connectivity index (χ1n) is 10.3. The normalized spacial score (nSPS) is 11.9. The van der Waals surface area contributed by atoms with E-state index in [1.165, 1.54) is 6.07 Å². The van der Waals surface area contributed by atoms with Crippen LogP contribution in [-0.4, -0.2) is 20.2 Å². The molecule has 0 aliphatic carbocycles. The molecule has 156 valence electrons. The van der Waals surface area contributed by atoms with Crippen LogP contribution in [0.1, 0.15) is 25.8 Å². The lowest BCUT2D eigenvalue weighted by Crippen LogP contribution is -2.14. The van der Waals surface area contributed by atoms with E-state index in [-0.39, 0.29) is 16.8 Å². The minimum absolute atomic E-state index is 0.0969. The fourth-order valence-electron chi connectivity index (χ4n) is 4.24. The number of pyridine rings is 2. The molecule has 0 spiro atoms. The van der Waals surface area contributed by atoms with Crippen molar-refractivity contribution in [3.05, 3.63) is 64.5 Å². The Hall–Kier alpha value is -3.74. The maximum Gasteiger partial charge on any atom is 0.272 e. The van der Waals surface area contributed by atoms with Gasteiger partial charge in [0.25, 0.3) is 5.56 Å². The van der Waals surface area contributed by atoms with Gasteiger partial charge < -0.3 is 10.7 Å². The molecule has 0 radical (unpaired) electrons. The summed E-state index contributed by atoms with van der Waals surface area (Å²) in [5, 5.41) is 8.94. The van der Waals surface area contributed by atoms with Gasteiger partial charge in [-0.25, -0.2) is 4.39 Å². The summed E-state index contributed by atoms with van der Waals surface area (Å²) in [6.07, 6.45) is 5.18. The van der Waals surface area contributed by atoms with E-state index in [0.717, 1.165) is 34.7 Å². The Morgan fingerprint density at radius 2 is 1.97 bits per heavy atom. The maximum absolute atomic E-state index is 14.3. The molecule has 3 heterocycles. The third-order valence-electron chi connectivity index (χ3n) is 5.82. The van der Waals surface area contributed by atoms with Gasteiger partial charge in [-0.05, 0) is 54.2 Å². The van der Waals surface area contributed by atoms with E-state index in [2.05, 4.69) is 40.1 Å². The van der Waals surface area contributed by atoms with Crippen LogP contribution >= 0.6 is 0 Å². The van der Waals surface area contributed by atoms with Crippen molar-refractivity contribution in [1.82, 2.24) is 20.2 Å². The second-order valence-corrected chi connectivity index (χ2v) is 8.29. The summed E-state index contributed by atoms with van der Waals surface area (Å²) in [5.74, 6) is 0.133. The monoisotopic (exact) mass is 415 g/mol. The van der Waals surface area contributed by atoms with Gasteiger partial charge in [-0.15, -0.1) is 0 Å². The van der Waals surface area contributed by atoms with Crippen LogP contribution in [0.5, 0.6) is 0 Å². The third kappa shape index (κ3) is 3.04. The summed E-state index contributed by atoms with van der Waals surface area (Å²) < 4.78 is 14.3. The van der Waals surface area contributed by atoms with Crippen molar-refractivity contribution in [1.29, 1.82) is 0 Å². The van der Waals surface area contributed by atoms with Gasteiger partial charge in [-0.3, -0.25) is 14.9 Å². The molecule has 0 atom stereocenters. The highest BCUT2D eigenvalue weighted by Crippen LogP contribution is 2.39. The number of fused-ring (bicyclic) bond motifs is 4. The SMILES string of the molecule is CC(C)CCc1cc2c(-c3ccc(F)c4[nH]ncc34)c(N)c(=O)[nH]c2c2cccnc12. The molecule has 5 rings (SSSR count). The second kappa shape index (κ2) is 7.19. The maximum atomic E-state index is 14.3. The number of nitrogen functional groups attached to an aromatic ring is 1. The molecule has 0 aliphatic rings. The van der Waals surface area contributed by atoms with Crippen LogP contribution in [0.15, 0.2) is 47.5 Å². The molecule has 31 heavy (non-hydrogen) atoms. The number of nitrogens with two attached hydrogens (primary N) is 1. The number of aromatic amines is 2. The average Bonchev–Trinajstić information content (AvgIpc) is 3.25. The van der Waals surface area contributed by atoms with Crippen LogP contribution in [0.25, 0.3) is 43.8 Å².